The van der Waals surface area contributed by atoms with Gasteiger partial charge in [0, 0.05) is 52.3 Å². The van der Waals surface area contributed by atoms with Crippen molar-refractivity contribution in [3.05, 3.63) is 34.6 Å². The van der Waals surface area contributed by atoms with Crippen LogP contribution in [0.15, 0.2) is 18.2 Å². The summed E-state index contributed by atoms with van der Waals surface area (Å²) >= 11 is 5.71. The van der Waals surface area contributed by atoms with Crippen molar-refractivity contribution in [2.24, 2.45) is 11.3 Å². The summed E-state index contributed by atoms with van der Waals surface area (Å²) in [6.07, 6.45) is 0. The molecule has 2 heterocycles. The molecule has 2 atom stereocenters. The average molecular weight is 357 g/mol. The van der Waals surface area contributed by atoms with Crippen LogP contribution in [-0.2, 0) is 16.1 Å². The Morgan fingerprint density at radius 2 is 2.12 bits per heavy atom. The number of methoxy groups -OCH3 is 1. The third-order valence-electron chi connectivity index (χ3n) is 5.18. The molecule has 2 saturated heterocycles. The quantitative estimate of drug-likeness (QED) is 0.844. The third kappa shape index (κ3) is 3.28. The van der Waals surface area contributed by atoms with E-state index in [2.05, 4.69) is 9.80 Å². The van der Waals surface area contributed by atoms with Crippen LogP contribution in [0.3, 0.4) is 0 Å². The number of benzene rings is 1. The van der Waals surface area contributed by atoms with E-state index in [0.29, 0.717) is 32.8 Å². The van der Waals surface area contributed by atoms with Crippen molar-refractivity contribution in [3.63, 3.8) is 0 Å². The Hall–Kier alpha value is -1.21. The van der Waals surface area contributed by atoms with Crippen molar-refractivity contribution in [3.8, 4) is 0 Å². The van der Waals surface area contributed by atoms with Gasteiger partial charge >= 0.3 is 5.97 Å². The van der Waals surface area contributed by atoms with Gasteiger partial charge in [-0.15, -0.1) is 0 Å². The molecule has 2 fully saturated rings. The van der Waals surface area contributed by atoms with Crippen molar-refractivity contribution in [1.82, 2.24) is 9.80 Å². The molecule has 0 radical (unpaired) electrons. The lowest BCUT2D eigenvalue weighted by Gasteiger charge is -2.25. The molecule has 0 bridgehead atoms. The lowest BCUT2D eigenvalue weighted by molar-refractivity contribution is -0.149. The second kappa shape index (κ2) is 6.96. The maximum Gasteiger partial charge on any atom is 0.312 e. The number of hydrogen-bond acceptors (Lipinski definition) is 4. The number of nitrogens with zero attached hydrogens (tertiary/aromatic N) is 2. The van der Waals surface area contributed by atoms with E-state index < -0.39 is 17.2 Å². The number of ether oxygens (including phenoxy) is 1. The Bertz CT molecular complexity index is 630. The lowest BCUT2D eigenvalue weighted by atomic mass is 9.81. The molecule has 0 aromatic heterocycles. The molecular formula is C17H22ClFN2O3. The third-order valence-corrected chi connectivity index (χ3v) is 5.48. The molecule has 0 spiro atoms. The first-order chi connectivity index (χ1) is 11.4. The molecule has 0 saturated carbocycles. The van der Waals surface area contributed by atoms with Gasteiger partial charge in [-0.2, -0.15) is 0 Å². The van der Waals surface area contributed by atoms with Gasteiger partial charge in [0.25, 0.3) is 0 Å². The molecule has 5 nitrogen and oxygen atoms in total. The molecule has 1 aromatic carbocycles. The molecule has 2 aliphatic heterocycles. The Balaban J connectivity index is 1.68. The highest BCUT2D eigenvalue weighted by atomic mass is 35.5. The van der Waals surface area contributed by atoms with Crippen molar-refractivity contribution in [2.75, 3.05) is 46.4 Å². The fourth-order valence-corrected chi connectivity index (χ4v) is 4.10. The van der Waals surface area contributed by atoms with Crippen LogP contribution >= 0.6 is 11.6 Å². The molecule has 0 unspecified atom stereocenters. The molecule has 0 amide bonds. The number of fused-ring (bicyclic) bond motifs is 1. The minimum Gasteiger partial charge on any atom is -0.481 e. The fraction of sp³-hybridized carbons (Fsp3) is 0.588. The predicted molar refractivity (Wildman–Crippen MR) is 88.6 cm³/mol. The summed E-state index contributed by atoms with van der Waals surface area (Å²) in [7, 11) is 1.65. The van der Waals surface area contributed by atoms with E-state index in [1.165, 1.54) is 6.07 Å². The number of likely N-dealkylation sites (tertiary alicyclic amines) is 2. The summed E-state index contributed by atoms with van der Waals surface area (Å²) in [5, 5.41) is 9.92. The highest BCUT2D eigenvalue weighted by Gasteiger charge is 2.57. The Morgan fingerprint density at radius 3 is 2.75 bits per heavy atom. The van der Waals surface area contributed by atoms with E-state index in [1.54, 1.807) is 19.2 Å². The summed E-state index contributed by atoms with van der Waals surface area (Å²) in [5.41, 5.74) is 0.0762. The summed E-state index contributed by atoms with van der Waals surface area (Å²) < 4.78 is 18.7. The number of aliphatic carboxylic acids is 1. The first kappa shape index (κ1) is 17.6. The molecule has 3 rings (SSSR count). The van der Waals surface area contributed by atoms with Crippen LogP contribution < -0.4 is 0 Å². The first-order valence-corrected chi connectivity index (χ1v) is 8.43. The summed E-state index contributed by atoms with van der Waals surface area (Å²) in [4.78, 5) is 16.2. The summed E-state index contributed by atoms with van der Waals surface area (Å²) in [6.45, 7) is 4.40. The van der Waals surface area contributed by atoms with Crippen molar-refractivity contribution in [2.45, 2.75) is 6.54 Å². The second-order valence-corrected chi connectivity index (χ2v) is 7.21. The van der Waals surface area contributed by atoms with E-state index in [4.69, 9.17) is 16.3 Å². The minimum atomic E-state index is -0.739. The summed E-state index contributed by atoms with van der Waals surface area (Å²) in [5.74, 6) is -1.09. The molecule has 7 heteroatoms. The van der Waals surface area contributed by atoms with E-state index in [9.17, 15) is 14.3 Å². The van der Waals surface area contributed by atoms with Gasteiger partial charge in [-0.3, -0.25) is 14.6 Å². The average Bonchev–Trinajstić information content (AvgIpc) is 3.03. The van der Waals surface area contributed by atoms with Gasteiger partial charge in [0.1, 0.15) is 5.82 Å². The SMILES string of the molecule is COCCN1C[C@@H]2CN(Cc3ccc(Cl)c(F)c3)C[C@]2(C(=O)O)C1. The van der Waals surface area contributed by atoms with Crippen LogP contribution in [-0.4, -0.2) is 67.3 Å². The molecule has 1 N–H and O–H groups in total. The van der Waals surface area contributed by atoms with Crippen LogP contribution in [0, 0.1) is 17.2 Å². The molecular weight excluding hydrogens is 335 g/mol. The highest BCUT2D eigenvalue weighted by molar-refractivity contribution is 6.30. The van der Waals surface area contributed by atoms with Gasteiger partial charge in [0.2, 0.25) is 0 Å². The van der Waals surface area contributed by atoms with E-state index >= 15 is 0 Å². The van der Waals surface area contributed by atoms with E-state index in [0.717, 1.165) is 18.7 Å². The summed E-state index contributed by atoms with van der Waals surface area (Å²) in [6, 6.07) is 4.76. The normalized spacial score (nSPS) is 27.5. The molecule has 132 valence electrons. The van der Waals surface area contributed by atoms with Gasteiger partial charge in [-0.25, -0.2) is 4.39 Å². The molecule has 2 aliphatic rings. The van der Waals surface area contributed by atoms with Crippen LogP contribution in [0.2, 0.25) is 5.02 Å². The monoisotopic (exact) mass is 356 g/mol. The zero-order valence-electron chi connectivity index (χ0n) is 13.7. The lowest BCUT2D eigenvalue weighted by Crippen LogP contribution is -2.41. The van der Waals surface area contributed by atoms with Crippen LogP contribution in [0.1, 0.15) is 5.56 Å². The van der Waals surface area contributed by atoms with Crippen molar-refractivity contribution < 1.29 is 19.0 Å². The zero-order valence-corrected chi connectivity index (χ0v) is 14.4. The van der Waals surface area contributed by atoms with Crippen LogP contribution in [0.5, 0.6) is 0 Å². The number of halogens is 2. The smallest absolute Gasteiger partial charge is 0.312 e. The molecule has 1 aromatic rings. The number of hydrogen-bond donors (Lipinski definition) is 1. The van der Waals surface area contributed by atoms with Crippen LogP contribution in [0.25, 0.3) is 0 Å². The number of carboxylic acid groups (broad SMARTS) is 1. The topological polar surface area (TPSA) is 53.0 Å². The van der Waals surface area contributed by atoms with Crippen molar-refractivity contribution in [1.29, 1.82) is 0 Å². The largest absolute Gasteiger partial charge is 0.481 e. The van der Waals surface area contributed by atoms with E-state index in [1.807, 2.05) is 0 Å². The van der Waals surface area contributed by atoms with Gasteiger partial charge in [-0.1, -0.05) is 17.7 Å². The van der Waals surface area contributed by atoms with E-state index in [-0.39, 0.29) is 10.9 Å². The van der Waals surface area contributed by atoms with Gasteiger partial charge in [-0.05, 0) is 17.7 Å². The highest BCUT2D eigenvalue weighted by Crippen LogP contribution is 2.43. The predicted octanol–water partition coefficient (Wildman–Crippen LogP) is 1.94. The number of carbonyl (C=O) groups is 1. The van der Waals surface area contributed by atoms with Crippen LogP contribution in [0.4, 0.5) is 4.39 Å². The minimum absolute atomic E-state index is 0.0870. The van der Waals surface area contributed by atoms with Gasteiger partial charge < -0.3 is 9.84 Å². The number of rotatable bonds is 6. The van der Waals surface area contributed by atoms with Gasteiger partial charge in [0.15, 0.2) is 0 Å². The Labute approximate surface area is 145 Å². The first-order valence-electron chi connectivity index (χ1n) is 8.05. The maximum absolute atomic E-state index is 13.6. The number of carboxylic acids is 1. The fourth-order valence-electron chi connectivity index (χ4n) is 3.98. The zero-order chi connectivity index (χ0) is 17.3. The maximum atomic E-state index is 13.6. The molecule has 0 aliphatic carbocycles. The second-order valence-electron chi connectivity index (χ2n) is 6.80. The molecule has 24 heavy (non-hydrogen) atoms. The van der Waals surface area contributed by atoms with Crippen molar-refractivity contribution >= 4 is 17.6 Å². The van der Waals surface area contributed by atoms with Gasteiger partial charge in [0.05, 0.1) is 17.0 Å². The standard InChI is InChI=1S/C17H22ClFN2O3/c1-24-5-4-20-8-13-9-21(11-17(13,10-20)16(22)23)7-12-2-3-14(18)15(19)6-12/h2-3,6,13H,4-5,7-11H2,1H3,(H,22,23)/t13-,17-/m1/s1. The Kier molecular flexibility index (Phi) is 5.11. The Morgan fingerprint density at radius 1 is 1.42 bits per heavy atom.